The molecule has 0 saturated carbocycles. The summed E-state index contributed by atoms with van der Waals surface area (Å²) in [4.78, 5) is 2.51. The number of thioether (sulfide) groups is 1. The third-order valence-electron chi connectivity index (χ3n) is 3.12. The summed E-state index contributed by atoms with van der Waals surface area (Å²) in [6.45, 7) is 6.51. The van der Waals surface area contributed by atoms with Crippen LogP contribution in [0.1, 0.15) is 12.8 Å². The molecule has 0 spiro atoms. The Labute approximate surface area is 96.9 Å². The molecule has 0 radical (unpaired) electrons. The lowest BCUT2D eigenvalue weighted by molar-refractivity contribution is 0.0374. The molecule has 15 heavy (non-hydrogen) atoms. The smallest absolute Gasteiger partial charge is 0.0594 e. The Hall–Kier alpha value is 0.230. The fourth-order valence-corrected chi connectivity index (χ4v) is 3.32. The number of nitrogens with one attached hydrogen (secondary N) is 1. The van der Waals surface area contributed by atoms with Crippen LogP contribution < -0.4 is 5.32 Å². The molecule has 2 saturated heterocycles. The Bertz CT molecular complexity index is 168. The number of hydrogen-bond acceptors (Lipinski definition) is 4. The fourth-order valence-electron chi connectivity index (χ4n) is 2.13. The Balaban J connectivity index is 1.47. The summed E-state index contributed by atoms with van der Waals surface area (Å²) in [6, 6.07) is 0.791. The van der Waals surface area contributed by atoms with Gasteiger partial charge >= 0.3 is 0 Å². The number of nitrogens with zero attached hydrogens (tertiary/aromatic N) is 1. The Kier molecular flexibility index (Phi) is 5.26. The van der Waals surface area contributed by atoms with Gasteiger partial charge in [0.05, 0.1) is 13.2 Å². The third-order valence-corrected chi connectivity index (χ3v) is 4.28. The van der Waals surface area contributed by atoms with E-state index < -0.39 is 0 Å². The minimum absolute atomic E-state index is 0.791. The van der Waals surface area contributed by atoms with Crippen molar-refractivity contribution in [2.24, 2.45) is 0 Å². The summed E-state index contributed by atoms with van der Waals surface area (Å²) < 4.78 is 5.33. The van der Waals surface area contributed by atoms with Crippen LogP contribution in [-0.2, 0) is 4.74 Å². The van der Waals surface area contributed by atoms with Crippen molar-refractivity contribution in [3.63, 3.8) is 0 Å². The average Bonchev–Trinajstić information content (AvgIpc) is 2.79. The van der Waals surface area contributed by atoms with Crippen molar-refractivity contribution >= 4 is 11.8 Å². The molecule has 2 rings (SSSR count). The van der Waals surface area contributed by atoms with E-state index in [2.05, 4.69) is 22.0 Å². The van der Waals surface area contributed by atoms with Crippen molar-refractivity contribution in [2.45, 2.75) is 18.9 Å². The Morgan fingerprint density at radius 2 is 2.20 bits per heavy atom. The lowest BCUT2D eigenvalue weighted by Crippen LogP contribution is -2.38. The second-order valence-corrected chi connectivity index (χ2v) is 5.47. The van der Waals surface area contributed by atoms with Gasteiger partial charge in [0.1, 0.15) is 0 Å². The van der Waals surface area contributed by atoms with Gasteiger partial charge in [0, 0.05) is 24.9 Å². The van der Waals surface area contributed by atoms with Gasteiger partial charge in [-0.25, -0.2) is 0 Å². The van der Waals surface area contributed by atoms with Gasteiger partial charge in [-0.2, -0.15) is 11.8 Å². The van der Waals surface area contributed by atoms with E-state index >= 15 is 0 Å². The standard InChI is InChI=1S/C11H22N2OS/c1(3-12-11-2-9-15-10-11)4-13-5-7-14-8-6-13/h11-12H,1-10H2. The van der Waals surface area contributed by atoms with E-state index in [9.17, 15) is 0 Å². The molecule has 0 amide bonds. The van der Waals surface area contributed by atoms with Crippen LogP contribution in [0.5, 0.6) is 0 Å². The van der Waals surface area contributed by atoms with Crippen molar-refractivity contribution < 1.29 is 4.74 Å². The van der Waals surface area contributed by atoms with Gasteiger partial charge in [-0.1, -0.05) is 0 Å². The normalized spacial score (nSPS) is 28.4. The molecule has 0 aromatic carbocycles. The SMILES string of the molecule is C(CNC1CCSC1)CN1CCOCC1. The number of ether oxygens (including phenoxy) is 1. The Morgan fingerprint density at radius 1 is 1.33 bits per heavy atom. The van der Waals surface area contributed by atoms with E-state index in [1.165, 1.54) is 37.4 Å². The van der Waals surface area contributed by atoms with Crippen molar-refractivity contribution in [2.75, 3.05) is 50.9 Å². The molecule has 0 aromatic rings. The summed E-state index contributed by atoms with van der Waals surface area (Å²) in [5, 5.41) is 3.64. The first kappa shape index (κ1) is 11.7. The quantitative estimate of drug-likeness (QED) is 0.706. The third kappa shape index (κ3) is 4.31. The molecule has 0 aromatic heterocycles. The lowest BCUT2D eigenvalue weighted by Gasteiger charge is -2.26. The molecule has 2 fully saturated rings. The summed E-state index contributed by atoms with van der Waals surface area (Å²) in [5.74, 6) is 2.67. The van der Waals surface area contributed by atoms with Crippen LogP contribution >= 0.6 is 11.8 Å². The van der Waals surface area contributed by atoms with E-state index in [0.717, 1.165) is 32.3 Å². The van der Waals surface area contributed by atoms with Crippen LogP contribution in [0.15, 0.2) is 0 Å². The predicted molar refractivity (Wildman–Crippen MR) is 65.6 cm³/mol. The molecule has 2 heterocycles. The molecule has 88 valence electrons. The van der Waals surface area contributed by atoms with Crippen LogP contribution in [0.2, 0.25) is 0 Å². The van der Waals surface area contributed by atoms with Gasteiger partial charge in [-0.3, -0.25) is 4.90 Å². The summed E-state index contributed by atoms with van der Waals surface area (Å²) in [6.07, 6.45) is 2.64. The average molecular weight is 230 g/mol. The molecule has 1 N–H and O–H groups in total. The number of morpholine rings is 1. The fraction of sp³-hybridized carbons (Fsp3) is 1.00. The highest BCUT2D eigenvalue weighted by molar-refractivity contribution is 7.99. The molecule has 3 nitrogen and oxygen atoms in total. The zero-order valence-corrected chi connectivity index (χ0v) is 10.2. The van der Waals surface area contributed by atoms with Crippen LogP contribution in [-0.4, -0.2) is 61.8 Å². The minimum atomic E-state index is 0.791. The maximum Gasteiger partial charge on any atom is 0.0594 e. The first-order chi connectivity index (χ1) is 7.45. The second kappa shape index (κ2) is 6.74. The van der Waals surface area contributed by atoms with Gasteiger partial charge < -0.3 is 10.1 Å². The molecule has 1 atom stereocenters. The molecule has 4 heteroatoms. The number of rotatable bonds is 5. The van der Waals surface area contributed by atoms with Crippen LogP contribution in [0, 0.1) is 0 Å². The Morgan fingerprint density at radius 3 is 2.93 bits per heavy atom. The maximum absolute atomic E-state index is 5.33. The predicted octanol–water partition coefficient (Wildman–Crippen LogP) is 0.804. The molecule has 2 aliphatic rings. The first-order valence-electron chi connectivity index (χ1n) is 6.06. The molecule has 2 aliphatic heterocycles. The highest BCUT2D eigenvalue weighted by Crippen LogP contribution is 2.16. The van der Waals surface area contributed by atoms with Gasteiger partial charge in [0.2, 0.25) is 0 Å². The van der Waals surface area contributed by atoms with Gasteiger partial charge in [0.25, 0.3) is 0 Å². The topological polar surface area (TPSA) is 24.5 Å². The van der Waals surface area contributed by atoms with Crippen molar-refractivity contribution in [1.29, 1.82) is 0 Å². The van der Waals surface area contributed by atoms with Gasteiger partial charge in [-0.05, 0) is 31.7 Å². The molecule has 0 aliphatic carbocycles. The van der Waals surface area contributed by atoms with E-state index in [1.54, 1.807) is 0 Å². The van der Waals surface area contributed by atoms with Gasteiger partial charge in [0.15, 0.2) is 0 Å². The molecule has 0 bridgehead atoms. The molecular weight excluding hydrogens is 208 g/mol. The van der Waals surface area contributed by atoms with Crippen LogP contribution in [0.3, 0.4) is 0 Å². The highest BCUT2D eigenvalue weighted by Gasteiger charge is 2.14. The maximum atomic E-state index is 5.33. The highest BCUT2D eigenvalue weighted by atomic mass is 32.2. The van der Waals surface area contributed by atoms with Crippen molar-refractivity contribution in [1.82, 2.24) is 10.2 Å². The minimum Gasteiger partial charge on any atom is -0.379 e. The first-order valence-corrected chi connectivity index (χ1v) is 7.22. The van der Waals surface area contributed by atoms with E-state index in [1.807, 2.05) is 0 Å². The van der Waals surface area contributed by atoms with Crippen LogP contribution in [0.4, 0.5) is 0 Å². The summed E-state index contributed by atoms with van der Waals surface area (Å²) in [5.41, 5.74) is 0. The molecule has 1 unspecified atom stereocenters. The zero-order valence-electron chi connectivity index (χ0n) is 9.41. The monoisotopic (exact) mass is 230 g/mol. The van der Waals surface area contributed by atoms with Crippen molar-refractivity contribution in [3.05, 3.63) is 0 Å². The lowest BCUT2D eigenvalue weighted by atomic mass is 10.2. The summed E-state index contributed by atoms with van der Waals surface area (Å²) in [7, 11) is 0. The summed E-state index contributed by atoms with van der Waals surface area (Å²) >= 11 is 2.08. The van der Waals surface area contributed by atoms with Gasteiger partial charge in [-0.15, -0.1) is 0 Å². The molecular formula is C11H22N2OS. The number of hydrogen-bond donors (Lipinski definition) is 1. The largest absolute Gasteiger partial charge is 0.379 e. The van der Waals surface area contributed by atoms with E-state index in [4.69, 9.17) is 4.74 Å². The van der Waals surface area contributed by atoms with Crippen LogP contribution in [0.25, 0.3) is 0 Å². The van der Waals surface area contributed by atoms with Crippen molar-refractivity contribution in [3.8, 4) is 0 Å². The second-order valence-electron chi connectivity index (χ2n) is 4.32. The van der Waals surface area contributed by atoms with E-state index in [0.29, 0.717) is 0 Å². The zero-order chi connectivity index (χ0) is 10.3. The van der Waals surface area contributed by atoms with E-state index in [-0.39, 0.29) is 0 Å².